The molecule has 0 saturated carbocycles. The van der Waals surface area contributed by atoms with Crippen molar-refractivity contribution in [2.45, 2.75) is 12.1 Å². The molecule has 0 spiro atoms. The van der Waals surface area contributed by atoms with E-state index in [1.54, 1.807) is 7.11 Å². The summed E-state index contributed by atoms with van der Waals surface area (Å²) in [5.41, 5.74) is 9.41. The topological polar surface area (TPSA) is 70.5 Å². The van der Waals surface area contributed by atoms with Gasteiger partial charge < -0.3 is 9.47 Å². The Morgan fingerprint density at radius 1 is 1.53 bits per heavy atom. The van der Waals surface area contributed by atoms with Gasteiger partial charge in [0.1, 0.15) is 5.75 Å². The van der Waals surface area contributed by atoms with Crippen molar-refractivity contribution in [1.29, 1.82) is 0 Å². The van der Waals surface area contributed by atoms with Crippen molar-refractivity contribution in [3.05, 3.63) is 40.3 Å². The molecule has 0 aliphatic carbocycles. The van der Waals surface area contributed by atoms with E-state index >= 15 is 0 Å². The number of hydrogen-bond donors (Lipinski definition) is 0. The maximum Gasteiger partial charge on any atom is 0.118 e. The van der Waals surface area contributed by atoms with Crippen LogP contribution in [0.15, 0.2) is 29.4 Å². The zero-order valence-corrected chi connectivity index (χ0v) is 8.33. The van der Waals surface area contributed by atoms with E-state index in [1.807, 2.05) is 24.3 Å². The first-order valence-electron chi connectivity index (χ1n) is 4.65. The van der Waals surface area contributed by atoms with Crippen molar-refractivity contribution in [1.82, 2.24) is 0 Å². The predicted octanol–water partition coefficient (Wildman–Crippen LogP) is 2.45. The quantitative estimate of drug-likeness (QED) is 0.328. The van der Waals surface area contributed by atoms with Crippen molar-refractivity contribution >= 4 is 0 Å². The minimum absolute atomic E-state index is 0.0364. The fraction of sp³-hybridized carbons (Fsp3) is 0.400. The van der Waals surface area contributed by atoms with Crippen LogP contribution in [0.3, 0.4) is 0 Å². The number of benzene rings is 1. The van der Waals surface area contributed by atoms with Crippen LogP contribution in [0.5, 0.6) is 5.75 Å². The van der Waals surface area contributed by atoms with Crippen LogP contribution in [0, 0.1) is 0 Å². The van der Waals surface area contributed by atoms with Gasteiger partial charge in [-0.1, -0.05) is 17.2 Å². The smallest absolute Gasteiger partial charge is 0.118 e. The Bertz CT molecular complexity index is 380. The van der Waals surface area contributed by atoms with Crippen LogP contribution in [-0.4, -0.2) is 19.8 Å². The van der Waals surface area contributed by atoms with E-state index in [2.05, 4.69) is 10.0 Å². The van der Waals surface area contributed by atoms with Gasteiger partial charge in [-0.15, -0.1) is 0 Å². The highest BCUT2D eigenvalue weighted by molar-refractivity contribution is 5.30. The Kier molecular flexibility index (Phi) is 2.76. The van der Waals surface area contributed by atoms with E-state index in [0.29, 0.717) is 6.61 Å². The van der Waals surface area contributed by atoms with Gasteiger partial charge in [-0.25, -0.2) is 0 Å². The van der Waals surface area contributed by atoms with E-state index in [-0.39, 0.29) is 12.1 Å². The number of ether oxygens (including phenoxy) is 2. The molecule has 2 rings (SSSR count). The summed E-state index contributed by atoms with van der Waals surface area (Å²) in [6.45, 7) is 0.662. The summed E-state index contributed by atoms with van der Waals surface area (Å²) in [7, 11) is 1.62. The van der Waals surface area contributed by atoms with E-state index < -0.39 is 0 Å². The standard InChI is InChI=1S/C10H11N3O2/c1-14-8-4-2-7(3-5-8)10(12-13-11)9-6-15-9/h2-5,9-10H,6H2,1H3/t9-,10-/m1/s1. The van der Waals surface area contributed by atoms with Crippen molar-refractivity contribution in [3.8, 4) is 5.75 Å². The SMILES string of the molecule is COc1ccc([C@@H](N=[N+]=[N-])[C@H]2CO2)cc1. The fourth-order valence-corrected chi connectivity index (χ4v) is 1.45. The lowest BCUT2D eigenvalue weighted by atomic mass is 10.1. The zero-order chi connectivity index (χ0) is 10.7. The molecule has 78 valence electrons. The molecule has 1 heterocycles. The van der Waals surface area contributed by atoms with Crippen molar-refractivity contribution < 1.29 is 9.47 Å². The second kappa shape index (κ2) is 4.21. The molecule has 1 aromatic rings. The Morgan fingerprint density at radius 2 is 2.20 bits per heavy atom. The first-order chi connectivity index (χ1) is 7.35. The lowest BCUT2D eigenvalue weighted by Gasteiger charge is -2.08. The molecular weight excluding hydrogens is 194 g/mol. The van der Waals surface area contributed by atoms with E-state index in [4.69, 9.17) is 15.0 Å². The van der Waals surface area contributed by atoms with Crippen molar-refractivity contribution in [2.24, 2.45) is 5.11 Å². The third-order valence-electron chi connectivity index (χ3n) is 2.34. The third-order valence-corrected chi connectivity index (χ3v) is 2.34. The summed E-state index contributed by atoms with van der Waals surface area (Å²) in [6.07, 6.45) is 0.0364. The third kappa shape index (κ3) is 2.21. The van der Waals surface area contributed by atoms with Crippen LogP contribution in [0.25, 0.3) is 10.4 Å². The molecule has 5 nitrogen and oxygen atoms in total. The molecule has 0 bridgehead atoms. The van der Waals surface area contributed by atoms with Crippen molar-refractivity contribution in [3.63, 3.8) is 0 Å². The lowest BCUT2D eigenvalue weighted by Crippen LogP contribution is -2.02. The van der Waals surface area contributed by atoms with Crippen LogP contribution >= 0.6 is 0 Å². The summed E-state index contributed by atoms with van der Waals surface area (Å²) in [5.74, 6) is 0.787. The molecule has 2 atom stereocenters. The molecule has 1 fully saturated rings. The van der Waals surface area contributed by atoms with E-state index in [9.17, 15) is 0 Å². The molecule has 1 aliphatic rings. The molecular formula is C10H11N3O2. The molecule has 0 aromatic heterocycles. The number of hydrogen-bond acceptors (Lipinski definition) is 3. The number of methoxy groups -OCH3 is 1. The van der Waals surface area contributed by atoms with Gasteiger partial charge in [0.25, 0.3) is 0 Å². The largest absolute Gasteiger partial charge is 0.497 e. The number of rotatable bonds is 4. The molecule has 1 aromatic carbocycles. The van der Waals surface area contributed by atoms with Crippen molar-refractivity contribution in [2.75, 3.05) is 13.7 Å². The maximum atomic E-state index is 8.45. The van der Waals surface area contributed by atoms with Gasteiger partial charge in [0.2, 0.25) is 0 Å². The van der Waals surface area contributed by atoms with Gasteiger partial charge in [-0.3, -0.25) is 0 Å². The summed E-state index contributed by atoms with van der Waals surface area (Å²) in [4.78, 5) is 2.83. The number of nitrogens with zero attached hydrogens (tertiary/aromatic N) is 3. The highest BCUT2D eigenvalue weighted by Crippen LogP contribution is 2.31. The number of azide groups is 1. The first-order valence-corrected chi connectivity index (χ1v) is 4.65. The molecule has 0 N–H and O–H groups in total. The highest BCUT2D eigenvalue weighted by atomic mass is 16.6. The normalized spacial score (nSPS) is 20.2. The van der Waals surface area contributed by atoms with Crippen LogP contribution < -0.4 is 4.74 Å². The average Bonchev–Trinajstić information content (AvgIpc) is 3.10. The molecule has 0 radical (unpaired) electrons. The Morgan fingerprint density at radius 3 is 2.67 bits per heavy atom. The minimum atomic E-state index is -0.221. The summed E-state index contributed by atoms with van der Waals surface area (Å²) in [6, 6.07) is 7.25. The molecule has 1 aliphatic heterocycles. The van der Waals surface area contributed by atoms with Crippen LogP contribution in [0.2, 0.25) is 0 Å². The van der Waals surface area contributed by atoms with E-state index in [1.165, 1.54) is 0 Å². The van der Waals surface area contributed by atoms with Gasteiger partial charge in [-0.05, 0) is 23.2 Å². The predicted molar refractivity (Wildman–Crippen MR) is 54.6 cm³/mol. The summed E-state index contributed by atoms with van der Waals surface area (Å²) >= 11 is 0. The second-order valence-corrected chi connectivity index (χ2v) is 3.29. The minimum Gasteiger partial charge on any atom is -0.497 e. The van der Waals surface area contributed by atoms with Crippen LogP contribution in [-0.2, 0) is 4.74 Å². The Hall–Kier alpha value is -1.71. The molecule has 15 heavy (non-hydrogen) atoms. The monoisotopic (exact) mass is 205 g/mol. The van der Waals surface area contributed by atoms with E-state index in [0.717, 1.165) is 11.3 Å². The fourth-order valence-electron chi connectivity index (χ4n) is 1.45. The van der Waals surface area contributed by atoms with Gasteiger partial charge in [0.15, 0.2) is 0 Å². The lowest BCUT2D eigenvalue weighted by molar-refractivity contribution is 0.375. The number of epoxide rings is 1. The Balaban J connectivity index is 2.21. The Labute approximate surface area is 87.2 Å². The van der Waals surface area contributed by atoms with Crippen LogP contribution in [0.1, 0.15) is 11.6 Å². The zero-order valence-electron chi connectivity index (χ0n) is 8.33. The van der Waals surface area contributed by atoms with Gasteiger partial charge in [0, 0.05) is 4.91 Å². The maximum absolute atomic E-state index is 8.45. The van der Waals surface area contributed by atoms with Gasteiger partial charge in [0.05, 0.1) is 25.9 Å². The van der Waals surface area contributed by atoms with Gasteiger partial charge in [-0.2, -0.15) is 0 Å². The molecule has 1 saturated heterocycles. The first kappa shape index (κ1) is 9.83. The second-order valence-electron chi connectivity index (χ2n) is 3.29. The van der Waals surface area contributed by atoms with Crippen LogP contribution in [0.4, 0.5) is 0 Å². The molecule has 5 heteroatoms. The molecule has 0 amide bonds. The highest BCUT2D eigenvalue weighted by Gasteiger charge is 2.33. The van der Waals surface area contributed by atoms with Gasteiger partial charge >= 0.3 is 0 Å². The summed E-state index contributed by atoms with van der Waals surface area (Å²) < 4.78 is 10.2. The molecule has 0 unspecified atom stereocenters. The average molecular weight is 205 g/mol. The summed E-state index contributed by atoms with van der Waals surface area (Å²) in [5, 5.41) is 3.73.